The van der Waals surface area contributed by atoms with Crippen molar-refractivity contribution in [1.29, 1.82) is 0 Å². The molecule has 176 valence electrons. The first kappa shape index (κ1) is 21.9. The van der Waals surface area contributed by atoms with E-state index in [1.54, 1.807) is 18.2 Å². The molecule has 0 aromatic heterocycles. The summed E-state index contributed by atoms with van der Waals surface area (Å²) in [6, 6.07) is 6.95. The summed E-state index contributed by atoms with van der Waals surface area (Å²) < 4.78 is 41.0. The number of nitrogens with zero attached hydrogens (tertiary/aromatic N) is 2. The van der Waals surface area contributed by atoms with E-state index in [9.17, 15) is 32.3 Å². The first-order valence-electron chi connectivity index (χ1n) is 10.7. The highest BCUT2D eigenvalue weighted by Crippen LogP contribution is 2.40. The van der Waals surface area contributed by atoms with Gasteiger partial charge in [0.2, 0.25) is 11.8 Å². The van der Waals surface area contributed by atoms with Crippen LogP contribution in [0.1, 0.15) is 34.3 Å². The van der Waals surface area contributed by atoms with Gasteiger partial charge in [-0.25, -0.2) is 4.79 Å². The minimum atomic E-state index is -4.61. The standard InChI is InChI=1S/C23H19F3N4O4/c24-23(25,26)18-10-12-3-1-2-4-16(12)30(18)22(34)27-14-5-6-15-13(9-14)11-29(21(15)33)17-7-8-19(31)28-20(17)32/h1-6,9,17-18H,7-8,10-11H2,(H,27,34)(H,28,31,32)/t17-,18?/m0/s1. The Balaban J connectivity index is 1.36. The number of carbonyl (C=O) groups is 4. The molecule has 3 heterocycles. The number of anilines is 2. The minimum Gasteiger partial charge on any atom is -0.322 e. The van der Waals surface area contributed by atoms with Crippen LogP contribution in [0.5, 0.6) is 0 Å². The van der Waals surface area contributed by atoms with Gasteiger partial charge < -0.3 is 10.2 Å². The van der Waals surface area contributed by atoms with Crippen molar-refractivity contribution in [3.05, 3.63) is 59.2 Å². The van der Waals surface area contributed by atoms with Crippen molar-refractivity contribution in [2.75, 3.05) is 10.2 Å². The van der Waals surface area contributed by atoms with Gasteiger partial charge in [-0.1, -0.05) is 18.2 Å². The van der Waals surface area contributed by atoms with Gasteiger partial charge in [0.15, 0.2) is 0 Å². The molecule has 2 N–H and O–H groups in total. The molecule has 0 spiro atoms. The Morgan fingerprint density at radius 3 is 2.56 bits per heavy atom. The van der Waals surface area contributed by atoms with E-state index in [0.29, 0.717) is 21.6 Å². The Bertz CT molecular complexity index is 1230. The molecule has 0 radical (unpaired) electrons. The molecule has 0 bridgehead atoms. The van der Waals surface area contributed by atoms with Crippen LogP contribution in [0.25, 0.3) is 0 Å². The van der Waals surface area contributed by atoms with Crippen LogP contribution in [0.15, 0.2) is 42.5 Å². The number of halogens is 3. The summed E-state index contributed by atoms with van der Waals surface area (Å²) in [5.41, 5.74) is 1.72. The number of rotatable bonds is 2. The molecular formula is C23H19F3N4O4. The normalized spacial score (nSPS) is 21.9. The highest BCUT2D eigenvalue weighted by molar-refractivity contribution is 6.07. The monoisotopic (exact) mass is 472 g/mol. The Labute approximate surface area is 191 Å². The van der Waals surface area contributed by atoms with E-state index in [-0.39, 0.29) is 43.1 Å². The van der Waals surface area contributed by atoms with Gasteiger partial charge in [0.25, 0.3) is 5.91 Å². The number of hydrogen-bond acceptors (Lipinski definition) is 4. The Hall–Kier alpha value is -3.89. The van der Waals surface area contributed by atoms with Crippen molar-refractivity contribution in [2.45, 2.75) is 44.1 Å². The largest absolute Gasteiger partial charge is 0.409 e. The SMILES string of the molecule is O=C1CC[C@H](N2Cc3cc(NC(=O)N4c5ccccc5CC4C(F)(F)F)ccc3C2=O)C(=O)N1. The van der Waals surface area contributed by atoms with Crippen molar-refractivity contribution in [2.24, 2.45) is 0 Å². The third-order valence-corrected chi connectivity index (χ3v) is 6.35. The van der Waals surface area contributed by atoms with Gasteiger partial charge in [-0.15, -0.1) is 0 Å². The second kappa shape index (κ2) is 7.86. The minimum absolute atomic E-state index is 0.0852. The van der Waals surface area contributed by atoms with Crippen molar-refractivity contribution in [3.63, 3.8) is 0 Å². The quantitative estimate of drug-likeness (QED) is 0.657. The van der Waals surface area contributed by atoms with Crippen LogP contribution < -0.4 is 15.5 Å². The molecule has 2 aromatic carbocycles. The number of imide groups is 1. The molecule has 0 aliphatic carbocycles. The molecule has 3 aliphatic heterocycles. The fourth-order valence-corrected chi connectivity index (χ4v) is 4.73. The number of nitrogens with one attached hydrogen (secondary N) is 2. The van der Waals surface area contributed by atoms with Gasteiger partial charge in [0.05, 0.1) is 0 Å². The van der Waals surface area contributed by atoms with Crippen LogP contribution >= 0.6 is 0 Å². The van der Waals surface area contributed by atoms with Crippen molar-refractivity contribution in [1.82, 2.24) is 10.2 Å². The highest BCUT2D eigenvalue weighted by atomic mass is 19.4. The van der Waals surface area contributed by atoms with Crippen LogP contribution in [0.4, 0.5) is 29.3 Å². The van der Waals surface area contributed by atoms with E-state index < -0.39 is 36.1 Å². The van der Waals surface area contributed by atoms with Gasteiger partial charge in [0, 0.05) is 36.3 Å². The summed E-state index contributed by atoms with van der Waals surface area (Å²) in [6.45, 7) is 0.0852. The number of piperidine rings is 1. The molecule has 8 nitrogen and oxygen atoms in total. The molecule has 1 unspecified atom stereocenters. The van der Waals surface area contributed by atoms with E-state index in [0.717, 1.165) is 0 Å². The lowest BCUT2D eigenvalue weighted by Gasteiger charge is -2.29. The number of hydrogen-bond donors (Lipinski definition) is 2. The Kier molecular flexibility index (Phi) is 5.07. The zero-order valence-electron chi connectivity index (χ0n) is 17.7. The molecule has 34 heavy (non-hydrogen) atoms. The zero-order chi connectivity index (χ0) is 24.2. The average Bonchev–Trinajstić information content (AvgIpc) is 3.32. The van der Waals surface area contributed by atoms with Crippen LogP contribution in [-0.2, 0) is 22.6 Å². The first-order chi connectivity index (χ1) is 16.1. The van der Waals surface area contributed by atoms with Crippen molar-refractivity contribution in [3.8, 4) is 0 Å². The lowest BCUT2D eigenvalue weighted by atomic mass is 10.0. The first-order valence-corrected chi connectivity index (χ1v) is 10.7. The van der Waals surface area contributed by atoms with Crippen molar-refractivity contribution >= 4 is 35.1 Å². The summed E-state index contributed by atoms with van der Waals surface area (Å²) in [5, 5.41) is 4.73. The summed E-state index contributed by atoms with van der Waals surface area (Å²) in [7, 11) is 0. The lowest BCUT2D eigenvalue weighted by Crippen LogP contribution is -2.52. The second-order valence-electron chi connectivity index (χ2n) is 8.46. The molecular weight excluding hydrogens is 453 g/mol. The Morgan fingerprint density at radius 2 is 1.82 bits per heavy atom. The molecule has 1 fully saturated rings. The van der Waals surface area contributed by atoms with Gasteiger partial charge in [-0.05, 0) is 41.8 Å². The highest BCUT2D eigenvalue weighted by Gasteiger charge is 2.50. The number of benzene rings is 2. The fourth-order valence-electron chi connectivity index (χ4n) is 4.73. The van der Waals surface area contributed by atoms with Gasteiger partial charge in [-0.2, -0.15) is 13.2 Å². The second-order valence-corrected chi connectivity index (χ2v) is 8.46. The van der Waals surface area contributed by atoms with E-state index >= 15 is 0 Å². The summed E-state index contributed by atoms with van der Waals surface area (Å²) >= 11 is 0. The number of para-hydroxylation sites is 1. The molecule has 0 saturated carbocycles. The molecule has 3 aliphatic rings. The topological polar surface area (TPSA) is 98.8 Å². The van der Waals surface area contributed by atoms with Crippen LogP contribution in [0.2, 0.25) is 0 Å². The lowest BCUT2D eigenvalue weighted by molar-refractivity contribution is -0.145. The number of carbonyl (C=O) groups excluding carboxylic acids is 4. The maximum atomic E-state index is 13.7. The average molecular weight is 472 g/mol. The number of fused-ring (bicyclic) bond motifs is 2. The molecule has 5 rings (SSSR count). The summed E-state index contributed by atoms with van der Waals surface area (Å²) in [5.74, 6) is -1.32. The number of alkyl halides is 3. The van der Waals surface area contributed by atoms with Gasteiger partial charge in [0.1, 0.15) is 12.1 Å². The van der Waals surface area contributed by atoms with Crippen LogP contribution in [-0.4, -0.2) is 46.9 Å². The van der Waals surface area contributed by atoms with Crippen LogP contribution in [0.3, 0.4) is 0 Å². The zero-order valence-corrected chi connectivity index (χ0v) is 17.7. The Morgan fingerprint density at radius 1 is 1.06 bits per heavy atom. The maximum Gasteiger partial charge on any atom is 0.409 e. The van der Waals surface area contributed by atoms with Crippen LogP contribution in [0, 0.1) is 0 Å². The third-order valence-electron chi connectivity index (χ3n) is 6.35. The third kappa shape index (κ3) is 3.66. The van der Waals surface area contributed by atoms with Crippen molar-refractivity contribution < 1.29 is 32.3 Å². The molecule has 2 atom stereocenters. The predicted molar refractivity (Wildman–Crippen MR) is 114 cm³/mol. The maximum absolute atomic E-state index is 13.7. The smallest absolute Gasteiger partial charge is 0.322 e. The predicted octanol–water partition coefficient (Wildman–Crippen LogP) is 2.97. The van der Waals surface area contributed by atoms with E-state index in [1.165, 1.54) is 29.2 Å². The van der Waals surface area contributed by atoms with E-state index in [1.807, 2.05) is 0 Å². The summed E-state index contributed by atoms with van der Waals surface area (Å²) in [6.07, 6.45) is -4.60. The molecule has 1 saturated heterocycles. The fraction of sp³-hybridized carbons (Fsp3) is 0.304. The molecule has 2 aromatic rings. The van der Waals surface area contributed by atoms with E-state index in [2.05, 4.69) is 10.6 Å². The number of amides is 5. The van der Waals surface area contributed by atoms with E-state index in [4.69, 9.17) is 0 Å². The van der Waals surface area contributed by atoms with Gasteiger partial charge >= 0.3 is 12.2 Å². The molecule has 11 heteroatoms. The molecule has 5 amide bonds. The van der Waals surface area contributed by atoms with Gasteiger partial charge in [-0.3, -0.25) is 24.6 Å². The summed E-state index contributed by atoms with van der Waals surface area (Å²) in [4.78, 5) is 51.4. The number of urea groups is 1.